The van der Waals surface area contributed by atoms with E-state index >= 15 is 0 Å². The largest absolute Gasteiger partial charge is 0.460 e. The predicted molar refractivity (Wildman–Crippen MR) is 153 cm³/mol. The number of carbonyl (C=O) groups excluding carboxylic acids is 3. The molecule has 0 bridgehead atoms. The molecule has 2 aromatic rings. The van der Waals surface area contributed by atoms with Crippen LogP contribution in [0.15, 0.2) is 72.3 Å². The van der Waals surface area contributed by atoms with Crippen LogP contribution in [0.2, 0.25) is 0 Å². The van der Waals surface area contributed by atoms with Gasteiger partial charge in [0.05, 0.1) is 6.10 Å². The van der Waals surface area contributed by atoms with Crippen LogP contribution < -0.4 is 0 Å². The zero-order chi connectivity index (χ0) is 34.7. The lowest BCUT2D eigenvalue weighted by molar-refractivity contribution is -0.280. The first kappa shape index (κ1) is 36.8. The standard InChI is InChI=1S/C33H36F6O7/c1-20-19-25(40)26(46-28(42)31(44-6,33(37,38)39)23-15-11-8-12-16-23)29(3,4)24(20)18-17-21(2)45-27(41)30(43-5,32(34,35)36)22-13-9-7-10-14-22/h7-16,19,21,24,26H,17-18H2,1-6H3/t21-,24+,26+,30-,31-/m1/s1. The van der Waals surface area contributed by atoms with Crippen LogP contribution in [0.5, 0.6) is 0 Å². The Hall–Kier alpha value is -3.71. The molecule has 46 heavy (non-hydrogen) atoms. The summed E-state index contributed by atoms with van der Waals surface area (Å²) < 4.78 is 106. The molecule has 3 rings (SSSR count). The molecule has 0 spiro atoms. The van der Waals surface area contributed by atoms with Crippen LogP contribution in [0.4, 0.5) is 26.3 Å². The third-order valence-corrected chi connectivity index (χ3v) is 8.49. The van der Waals surface area contributed by atoms with Crippen molar-refractivity contribution in [2.24, 2.45) is 11.3 Å². The monoisotopic (exact) mass is 658 g/mol. The Morgan fingerprint density at radius 1 is 0.804 bits per heavy atom. The lowest BCUT2D eigenvalue weighted by atomic mass is 9.64. The van der Waals surface area contributed by atoms with Gasteiger partial charge < -0.3 is 18.9 Å². The van der Waals surface area contributed by atoms with E-state index in [0.717, 1.165) is 37.5 Å². The average molecular weight is 659 g/mol. The molecule has 0 unspecified atom stereocenters. The highest BCUT2D eigenvalue weighted by molar-refractivity contribution is 5.98. The maximum absolute atomic E-state index is 14.5. The number of benzene rings is 2. The summed E-state index contributed by atoms with van der Waals surface area (Å²) in [5.41, 5.74) is -8.72. The smallest absolute Gasteiger partial charge is 0.432 e. The Morgan fingerprint density at radius 3 is 1.65 bits per heavy atom. The number of ketones is 1. The summed E-state index contributed by atoms with van der Waals surface area (Å²) in [5, 5.41) is 0. The van der Waals surface area contributed by atoms with Crippen molar-refractivity contribution in [2.75, 3.05) is 14.2 Å². The van der Waals surface area contributed by atoms with E-state index in [1.165, 1.54) is 57.2 Å². The highest BCUT2D eigenvalue weighted by Crippen LogP contribution is 2.48. The highest BCUT2D eigenvalue weighted by Gasteiger charge is 2.66. The third kappa shape index (κ3) is 6.57. The Morgan fingerprint density at radius 2 is 1.24 bits per heavy atom. The van der Waals surface area contributed by atoms with Gasteiger partial charge in [0.2, 0.25) is 0 Å². The number of alkyl halides is 6. The van der Waals surface area contributed by atoms with Crippen LogP contribution in [0.1, 0.15) is 51.7 Å². The van der Waals surface area contributed by atoms with Crippen molar-refractivity contribution < 1.29 is 59.7 Å². The van der Waals surface area contributed by atoms with E-state index in [9.17, 15) is 40.7 Å². The Labute approximate surface area is 262 Å². The summed E-state index contributed by atoms with van der Waals surface area (Å²) in [5.74, 6) is -4.88. The molecule has 0 radical (unpaired) electrons. The number of halogens is 6. The van der Waals surface area contributed by atoms with E-state index < -0.39 is 75.9 Å². The van der Waals surface area contributed by atoms with Crippen molar-refractivity contribution in [2.45, 2.75) is 76.3 Å². The first-order valence-corrected chi connectivity index (χ1v) is 14.3. The number of hydrogen-bond donors (Lipinski definition) is 0. The molecule has 0 aromatic heterocycles. The number of hydrogen-bond acceptors (Lipinski definition) is 7. The summed E-state index contributed by atoms with van der Waals surface area (Å²) in [4.78, 5) is 39.5. The third-order valence-electron chi connectivity index (χ3n) is 8.49. The van der Waals surface area contributed by atoms with Gasteiger partial charge in [0.25, 0.3) is 11.2 Å². The number of carbonyl (C=O) groups is 3. The topological polar surface area (TPSA) is 88.1 Å². The van der Waals surface area contributed by atoms with Crippen LogP contribution in [0.3, 0.4) is 0 Å². The van der Waals surface area contributed by atoms with Crippen molar-refractivity contribution in [3.63, 3.8) is 0 Å². The van der Waals surface area contributed by atoms with Gasteiger partial charge in [0.15, 0.2) is 11.9 Å². The first-order chi connectivity index (χ1) is 21.3. The van der Waals surface area contributed by atoms with Gasteiger partial charge >= 0.3 is 24.3 Å². The average Bonchev–Trinajstić information content (AvgIpc) is 2.96. The second-order valence-electron chi connectivity index (χ2n) is 11.7. The van der Waals surface area contributed by atoms with E-state index in [0.29, 0.717) is 12.7 Å². The Bertz CT molecular complexity index is 1420. The van der Waals surface area contributed by atoms with Gasteiger partial charge in [-0.3, -0.25) is 4.79 Å². The van der Waals surface area contributed by atoms with Crippen molar-refractivity contribution in [1.29, 1.82) is 0 Å². The number of rotatable bonds is 11. The summed E-state index contributed by atoms with van der Waals surface area (Å²) in [6, 6.07) is 12.4. The van der Waals surface area contributed by atoms with E-state index in [1.807, 2.05) is 0 Å². The maximum atomic E-state index is 14.5. The second-order valence-corrected chi connectivity index (χ2v) is 11.7. The number of methoxy groups -OCH3 is 2. The molecule has 7 nitrogen and oxygen atoms in total. The van der Waals surface area contributed by atoms with Gasteiger partial charge in [-0.25, -0.2) is 9.59 Å². The molecule has 0 saturated heterocycles. The van der Waals surface area contributed by atoms with E-state index in [4.69, 9.17) is 18.9 Å². The number of esters is 2. The van der Waals surface area contributed by atoms with E-state index in [-0.39, 0.29) is 12.8 Å². The quantitative estimate of drug-likeness (QED) is 0.190. The lowest BCUT2D eigenvalue weighted by Crippen LogP contribution is -2.56. The molecule has 0 fully saturated rings. The first-order valence-electron chi connectivity index (χ1n) is 14.3. The molecular formula is C33H36F6O7. The van der Waals surface area contributed by atoms with Gasteiger partial charge in [-0.05, 0) is 38.7 Å². The molecule has 0 heterocycles. The fourth-order valence-corrected chi connectivity index (χ4v) is 6.04. The molecule has 252 valence electrons. The fraction of sp³-hybridized carbons (Fsp3) is 0.485. The molecular weight excluding hydrogens is 622 g/mol. The van der Waals surface area contributed by atoms with Crippen molar-refractivity contribution in [3.05, 3.63) is 83.4 Å². The van der Waals surface area contributed by atoms with Gasteiger partial charge in [0, 0.05) is 30.8 Å². The molecule has 0 N–H and O–H groups in total. The SMILES string of the molecule is CO[C@@](C(=O)O[C@H](C)CC[C@H]1C(C)=CC(=O)[C@H](OC(=O)[C@](OC)(c2ccccc2)C(F)(F)F)C1(C)C)(c1ccccc1)C(F)(F)F. The molecule has 2 aromatic carbocycles. The van der Waals surface area contributed by atoms with Crippen LogP contribution in [-0.4, -0.2) is 56.5 Å². The van der Waals surface area contributed by atoms with Crippen molar-refractivity contribution >= 4 is 17.7 Å². The molecule has 1 aliphatic rings. The van der Waals surface area contributed by atoms with Crippen LogP contribution >= 0.6 is 0 Å². The number of allylic oxidation sites excluding steroid dienone is 1. The van der Waals surface area contributed by atoms with Gasteiger partial charge in [-0.1, -0.05) is 80.1 Å². The van der Waals surface area contributed by atoms with Gasteiger partial charge in [0.1, 0.15) is 0 Å². The Kier molecular flexibility index (Phi) is 10.8. The zero-order valence-electron chi connectivity index (χ0n) is 26.1. The summed E-state index contributed by atoms with van der Waals surface area (Å²) in [7, 11) is 1.46. The van der Waals surface area contributed by atoms with Crippen molar-refractivity contribution in [1.82, 2.24) is 0 Å². The minimum Gasteiger partial charge on any atom is -0.460 e. The fourth-order valence-electron chi connectivity index (χ4n) is 6.04. The molecule has 5 atom stereocenters. The summed E-state index contributed by atoms with van der Waals surface area (Å²) in [6.07, 6.45) is -11.9. The van der Waals surface area contributed by atoms with Gasteiger partial charge in [-0.15, -0.1) is 0 Å². The second kappa shape index (κ2) is 13.6. The zero-order valence-corrected chi connectivity index (χ0v) is 26.1. The maximum Gasteiger partial charge on any atom is 0.432 e. The lowest BCUT2D eigenvalue weighted by Gasteiger charge is -2.44. The van der Waals surface area contributed by atoms with E-state index in [2.05, 4.69) is 0 Å². The molecule has 0 saturated carbocycles. The molecule has 0 amide bonds. The minimum atomic E-state index is -5.26. The summed E-state index contributed by atoms with van der Waals surface area (Å²) >= 11 is 0. The van der Waals surface area contributed by atoms with Crippen molar-refractivity contribution in [3.8, 4) is 0 Å². The normalized spacial score (nSPS) is 21.7. The summed E-state index contributed by atoms with van der Waals surface area (Å²) in [6.45, 7) is 6.04. The van der Waals surface area contributed by atoms with Crippen LogP contribution in [-0.2, 0) is 44.5 Å². The predicted octanol–water partition coefficient (Wildman–Crippen LogP) is 6.99. The van der Waals surface area contributed by atoms with E-state index in [1.54, 1.807) is 6.92 Å². The van der Waals surface area contributed by atoms with Gasteiger partial charge in [-0.2, -0.15) is 26.3 Å². The molecule has 1 aliphatic carbocycles. The van der Waals surface area contributed by atoms with Crippen LogP contribution in [0, 0.1) is 11.3 Å². The number of ether oxygens (including phenoxy) is 4. The Balaban J connectivity index is 1.84. The highest BCUT2D eigenvalue weighted by atomic mass is 19.4. The van der Waals surface area contributed by atoms with Crippen LogP contribution in [0.25, 0.3) is 0 Å². The minimum absolute atomic E-state index is 0.0130. The molecule has 0 aliphatic heterocycles. The molecule has 13 heteroatoms.